The fraction of sp³-hybridized carbons (Fsp3) is 0.500. The molecular weight excluding hydrogens is 370 g/mol. The van der Waals surface area contributed by atoms with Crippen molar-refractivity contribution in [3.63, 3.8) is 0 Å². The quantitative estimate of drug-likeness (QED) is 0.738. The lowest BCUT2D eigenvalue weighted by Crippen LogP contribution is -2.65. The maximum atomic E-state index is 13.1. The SMILES string of the molecule is COCCCN=C1NC2C(C(=O)N(Cc3ccccc3Cl)C(=O)N2C)N1C. The van der Waals surface area contributed by atoms with E-state index in [0.29, 0.717) is 24.1 Å². The van der Waals surface area contributed by atoms with Crippen molar-refractivity contribution in [3.8, 4) is 0 Å². The van der Waals surface area contributed by atoms with Crippen molar-refractivity contribution < 1.29 is 14.3 Å². The molecule has 0 bridgehead atoms. The minimum Gasteiger partial charge on any atom is -0.385 e. The molecule has 9 heteroatoms. The number of benzene rings is 1. The van der Waals surface area contributed by atoms with Gasteiger partial charge in [0.25, 0.3) is 5.91 Å². The summed E-state index contributed by atoms with van der Waals surface area (Å²) >= 11 is 6.21. The third kappa shape index (κ3) is 3.72. The molecule has 2 saturated heterocycles. The van der Waals surface area contributed by atoms with Crippen molar-refractivity contribution in [1.82, 2.24) is 20.0 Å². The van der Waals surface area contributed by atoms with Crippen molar-refractivity contribution in [2.24, 2.45) is 4.99 Å². The van der Waals surface area contributed by atoms with Crippen LogP contribution in [0.4, 0.5) is 4.79 Å². The Labute approximate surface area is 163 Å². The highest BCUT2D eigenvalue weighted by atomic mass is 35.5. The number of hydrogen-bond donors (Lipinski definition) is 1. The highest BCUT2D eigenvalue weighted by Gasteiger charge is 2.51. The first-order chi connectivity index (χ1) is 13.0. The molecule has 3 amide bonds. The first-order valence-electron chi connectivity index (χ1n) is 8.80. The third-order valence-electron chi connectivity index (χ3n) is 4.85. The van der Waals surface area contributed by atoms with E-state index in [4.69, 9.17) is 16.3 Å². The van der Waals surface area contributed by atoms with Crippen LogP contribution in [0.5, 0.6) is 0 Å². The summed E-state index contributed by atoms with van der Waals surface area (Å²) in [6.07, 6.45) is 0.338. The van der Waals surface area contributed by atoms with Gasteiger partial charge in [0.05, 0.1) is 6.54 Å². The first kappa shape index (κ1) is 19.4. The van der Waals surface area contributed by atoms with Crippen molar-refractivity contribution >= 4 is 29.5 Å². The van der Waals surface area contributed by atoms with Gasteiger partial charge in [-0.2, -0.15) is 0 Å². The van der Waals surface area contributed by atoms with Gasteiger partial charge in [-0.05, 0) is 18.1 Å². The summed E-state index contributed by atoms with van der Waals surface area (Å²) in [6.45, 7) is 1.34. The number of imide groups is 1. The number of hydrogen-bond acceptors (Lipinski definition) is 4. The van der Waals surface area contributed by atoms with E-state index in [1.165, 1.54) is 9.80 Å². The van der Waals surface area contributed by atoms with Gasteiger partial charge in [-0.3, -0.25) is 14.7 Å². The molecule has 0 saturated carbocycles. The van der Waals surface area contributed by atoms with Crippen LogP contribution in [0, 0.1) is 0 Å². The zero-order chi connectivity index (χ0) is 19.6. The molecule has 0 aromatic heterocycles. The van der Waals surface area contributed by atoms with E-state index in [9.17, 15) is 9.59 Å². The predicted molar refractivity (Wildman–Crippen MR) is 102 cm³/mol. The highest BCUT2D eigenvalue weighted by molar-refractivity contribution is 6.31. The van der Waals surface area contributed by atoms with Gasteiger partial charge in [0, 0.05) is 39.4 Å². The summed E-state index contributed by atoms with van der Waals surface area (Å²) in [4.78, 5) is 35.0. The zero-order valence-corrected chi connectivity index (χ0v) is 16.4. The third-order valence-corrected chi connectivity index (χ3v) is 5.22. The van der Waals surface area contributed by atoms with Gasteiger partial charge >= 0.3 is 6.03 Å². The molecule has 2 heterocycles. The average Bonchev–Trinajstić information content (AvgIpc) is 2.99. The number of likely N-dealkylation sites (N-methyl/N-ethyl adjacent to an activating group) is 2. The molecule has 2 aliphatic rings. The van der Waals surface area contributed by atoms with Crippen LogP contribution in [-0.4, -0.2) is 79.2 Å². The van der Waals surface area contributed by atoms with E-state index >= 15 is 0 Å². The van der Waals surface area contributed by atoms with Gasteiger partial charge in [0.1, 0.15) is 6.17 Å². The maximum absolute atomic E-state index is 13.1. The monoisotopic (exact) mass is 393 g/mol. The molecule has 2 atom stereocenters. The van der Waals surface area contributed by atoms with E-state index < -0.39 is 12.2 Å². The number of nitrogens with one attached hydrogen (secondary N) is 1. The number of amides is 3. The van der Waals surface area contributed by atoms with Gasteiger partial charge < -0.3 is 19.9 Å². The molecule has 2 aliphatic heterocycles. The van der Waals surface area contributed by atoms with Gasteiger partial charge in [0.2, 0.25) is 0 Å². The van der Waals surface area contributed by atoms with Gasteiger partial charge in [-0.1, -0.05) is 29.8 Å². The van der Waals surface area contributed by atoms with E-state index in [1.807, 2.05) is 25.2 Å². The molecular formula is C18H24ClN5O3. The summed E-state index contributed by atoms with van der Waals surface area (Å²) in [5, 5.41) is 3.72. The van der Waals surface area contributed by atoms with Gasteiger partial charge in [-0.15, -0.1) is 0 Å². The van der Waals surface area contributed by atoms with Gasteiger partial charge in [0.15, 0.2) is 12.0 Å². The molecule has 2 fully saturated rings. The van der Waals surface area contributed by atoms with Crippen molar-refractivity contribution in [2.45, 2.75) is 25.2 Å². The number of fused-ring (bicyclic) bond motifs is 1. The van der Waals surface area contributed by atoms with Crippen molar-refractivity contribution in [2.75, 3.05) is 34.4 Å². The Morgan fingerprint density at radius 3 is 2.67 bits per heavy atom. The lowest BCUT2D eigenvalue weighted by Gasteiger charge is -2.40. The largest absolute Gasteiger partial charge is 0.385 e. The predicted octanol–water partition coefficient (Wildman–Crippen LogP) is 1.36. The number of nitrogens with zero attached hydrogens (tertiary/aromatic N) is 4. The minimum absolute atomic E-state index is 0.138. The topological polar surface area (TPSA) is 77.5 Å². The van der Waals surface area contributed by atoms with Crippen LogP contribution in [0.15, 0.2) is 29.3 Å². The average molecular weight is 394 g/mol. The lowest BCUT2D eigenvalue weighted by atomic mass is 10.1. The second kappa shape index (κ2) is 8.14. The number of carbonyl (C=O) groups excluding carboxylic acids is 2. The number of aliphatic imine (C=N–C) groups is 1. The standard InChI is InChI=1S/C18H24ClN5O3/c1-22-14-15(21-17(22)20-9-6-10-27-3)23(2)18(26)24(16(14)25)11-12-7-4-5-8-13(12)19/h4-5,7-8,14-15H,6,9-11H2,1-3H3,(H,20,21). The number of guanidine groups is 1. The molecule has 0 spiro atoms. The number of ether oxygens (including phenoxy) is 1. The van der Waals surface area contributed by atoms with E-state index in [-0.39, 0.29) is 18.5 Å². The fourth-order valence-electron chi connectivity index (χ4n) is 3.32. The zero-order valence-electron chi connectivity index (χ0n) is 15.7. The number of carbonyl (C=O) groups is 2. The number of methoxy groups -OCH3 is 1. The summed E-state index contributed by atoms with van der Waals surface area (Å²) in [5.41, 5.74) is 0.731. The molecule has 8 nitrogen and oxygen atoms in total. The molecule has 0 radical (unpaired) electrons. The Bertz CT molecular complexity index is 756. The summed E-state index contributed by atoms with van der Waals surface area (Å²) in [5.74, 6) is 0.341. The second-order valence-corrected chi connectivity index (χ2v) is 7.01. The molecule has 1 aromatic rings. The Morgan fingerprint density at radius 2 is 1.96 bits per heavy atom. The van der Waals surface area contributed by atoms with Crippen LogP contribution < -0.4 is 5.32 Å². The van der Waals surface area contributed by atoms with Crippen LogP contribution in [0.1, 0.15) is 12.0 Å². The lowest BCUT2D eigenvalue weighted by molar-refractivity contribution is -0.137. The molecule has 0 aliphatic carbocycles. The molecule has 146 valence electrons. The van der Waals surface area contributed by atoms with Crippen LogP contribution in [0.3, 0.4) is 0 Å². The Kier molecular flexibility index (Phi) is 5.86. The Balaban J connectivity index is 1.79. The van der Waals surface area contributed by atoms with Crippen LogP contribution in [0.25, 0.3) is 0 Å². The molecule has 27 heavy (non-hydrogen) atoms. The molecule has 2 unspecified atom stereocenters. The van der Waals surface area contributed by atoms with Crippen LogP contribution in [-0.2, 0) is 16.1 Å². The van der Waals surface area contributed by atoms with Crippen LogP contribution >= 0.6 is 11.6 Å². The Morgan fingerprint density at radius 1 is 1.22 bits per heavy atom. The van der Waals surface area contributed by atoms with Crippen molar-refractivity contribution in [3.05, 3.63) is 34.9 Å². The van der Waals surface area contributed by atoms with Crippen molar-refractivity contribution in [1.29, 1.82) is 0 Å². The van der Waals surface area contributed by atoms with E-state index in [1.54, 1.807) is 25.1 Å². The van der Waals surface area contributed by atoms with Gasteiger partial charge in [-0.25, -0.2) is 4.79 Å². The Hall–Kier alpha value is -2.32. The fourth-order valence-corrected chi connectivity index (χ4v) is 3.52. The first-order valence-corrected chi connectivity index (χ1v) is 9.18. The number of halogens is 1. The van der Waals surface area contributed by atoms with E-state index in [0.717, 1.165) is 12.0 Å². The van der Waals surface area contributed by atoms with E-state index in [2.05, 4.69) is 10.3 Å². The molecule has 3 rings (SSSR count). The molecule has 1 N–H and O–H groups in total. The summed E-state index contributed by atoms with van der Waals surface area (Å²) in [6, 6.07) is 6.32. The highest BCUT2D eigenvalue weighted by Crippen LogP contribution is 2.26. The summed E-state index contributed by atoms with van der Waals surface area (Å²) in [7, 11) is 5.14. The molecule has 1 aromatic carbocycles. The van der Waals surface area contributed by atoms with Crippen LogP contribution in [0.2, 0.25) is 5.02 Å². The number of urea groups is 1. The summed E-state index contributed by atoms with van der Waals surface area (Å²) < 4.78 is 5.03. The number of rotatable bonds is 6. The smallest absolute Gasteiger partial charge is 0.328 e. The maximum Gasteiger partial charge on any atom is 0.328 e. The normalized spacial score (nSPS) is 23.9. The minimum atomic E-state index is -0.531. The second-order valence-electron chi connectivity index (χ2n) is 6.61.